The molecule has 0 aliphatic heterocycles. The van der Waals surface area contributed by atoms with Crippen molar-refractivity contribution in [1.29, 1.82) is 0 Å². The fourth-order valence-electron chi connectivity index (χ4n) is 4.13. The van der Waals surface area contributed by atoms with Crippen molar-refractivity contribution >= 4 is 63.0 Å². The Morgan fingerprint density at radius 2 is 0.893 bits per heavy atom. The summed E-state index contributed by atoms with van der Waals surface area (Å²) in [7, 11) is 0. The first-order valence-electron chi connectivity index (χ1n) is 9.52. The van der Waals surface area contributed by atoms with Crippen LogP contribution in [0.5, 0.6) is 0 Å². The van der Waals surface area contributed by atoms with Gasteiger partial charge in [0.15, 0.2) is 0 Å². The Labute approximate surface area is 171 Å². The van der Waals surface area contributed by atoms with Crippen molar-refractivity contribution in [2.24, 2.45) is 0 Å². The second-order valence-electron chi connectivity index (χ2n) is 7.63. The largest absolute Gasteiger partial charge is 0.135 e. The minimum Gasteiger partial charge on any atom is -0.135 e. The normalized spacial score (nSPS) is 11.9. The summed E-state index contributed by atoms with van der Waals surface area (Å²) in [6.45, 7) is 4.33. The monoisotopic (exact) mass is 394 g/mol. The summed E-state index contributed by atoms with van der Waals surface area (Å²) in [5.74, 6) is 0. The highest BCUT2D eigenvalue weighted by Crippen LogP contribution is 2.39. The Hall–Kier alpha value is -2.68. The molecule has 2 heterocycles. The lowest BCUT2D eigenvalue weighted by atomic mass is 10.0. The number of hydrogen-bond acceptors (Lipinski definition) is 2. The molecule has 0 aliphatic carbocycles. The summed E-state index contributed by atoms with van der Waals surface area (Å²) in [6, 6.07) is 27.4. The fourth-order valence-corrected chi connectivity index (χ4v) is 6.50. The van der Waals surface area contributed by atoms with E-state index in [-0.39, 0.29) is 0 Å². The first-order valence-corrected chi connectivity index (χ1v) is 11.2. The summed E-state index contributed by atoms with van der Waals surface area (Å²) in [4.78, 5) is 0. The van der Waals surface area contributed by atoms with E-state index in [4.69, 9.17) is 0 Å². The maximum absolute atomic E-state index is 2.36. The fraction of sp³-hybridized carbons (Fsp3) is 0.0769. The maximum Gasteiger partial charge on any atom is 0.0358 e. The number of thiophene rings is 2. The van der Waals surface area contributed by atoms with Crippen molar-refractivity contribution in [3.05, 3.63) is 83.9 Å². The molecule has 0 amide bonds. The van der Waals surface area contributed by atoms with Crippen LogP contribution >= 0.6 is 22.7 Å². The van der Waals surface area contributed by atoms with E-state index in [1.165, 1.54) is 62.6 Å². The number of rotatable bonds is 1. The van der Waals surface area contributed by atoms with Gasteiger partial charge in [0.2, 0.25) is 0 Å². The Bertz CT molecular complexity index is 1410. The zero-order chi connectivity index (χ0) is 18.8. The number of aryl methyl sites for hydroxylation is 2. The van der Waals surface area contributed by atoms with E-state index >= 15 is 0 Å². The van der Waals surface area contributed by atoms with Gasteiger partial charge in [-0.1, -0.05) is 36.4 Å². The summed E-state index contributed by atoms with van der Waals surface area (Å²) >= 11 is 3.78. The van der Waals surface area contributed by atoms with Gasteiger partial charge in [0.1, 0.15) is 0 Å². The van der Waals surface area contributed by atoms with E-state index in [1.807, 2.05) is 22.7 Å². The van der Waals surface area contributed by atoms with Gasteiger partial charge in [-0.25, -0.2) is 0 Å². The number of hydrogen-bond donors (Lipinski definition) is 0. The molecule has 0 bridgehead atoms. The first kappa shape index (κ1) is 16.3. The Morgan fingerprint density at radius 1 is 0.429 bits per heavy atom. The van der Waals surface area contributed by atoms with E-state index in [0.29, 0.717) is 0 Å². The third kappa shape index (κ3) is 2.42. The highest BCUT2D eigenvalue weighted by Gasteiger charge is 2.10. The third-order valence-electron chi connectivity index (χ3n) is 5.59. The average molecular weight is 395 g/mol. The second-order valence-corrected chi connectivity index (χ2v) is 9.79. The second kappa shape index (κ2) is 5.91. The van der Waals surface area contributed by atoms with Crippen LogP contribution in [0, 0.1) is 13.8 Å². The van der Waals surface area contributed by atoms with Gasteiger partial charge in [-0.05, 0) is 72.5 Å². The van der Waals surface area contributed by atoms with Crippen molar-refractivity contribution in [2.75, 3.05) is 0 Å². The summed E-state index contributed by atoms with van der Waals surface area (Å²) < 4.78 is 5.48. The molecular formula is C26H18S2. The van der Waals surface area contributed by atoms with Gasteiger partial charge in [0.25, 0.3) is 0 Å². The molecule has 2 heteroatoms. The molecular weight excluding hydrogens is 376 g/mol. The zero-order valence-corrected chi connectivity index (χ0v) is 17.4. The molecule has 0 N–H and O–H groups in total. The van der Waals surface area contributed by atoms with Crippen LogP contribution < -0.4 is 0 Å². The van der Waals surface area contributed by atoms with Crippen LogP contribution in [-0.2, 0) is 0 Å². The minimum absolute atomic E-state index is 1.29. The number of benzene rings is 4. The van der Waals surface area contributed by atoms with Crippen molar-refractivity contribution in [1.82, 2.24) is 0 Å². The minimum atomic E-state index is 1.29. The molecule has 0 atom stereocenters. The SMILES string of the molecule is Cc1ccc2c(c1)sc1ccc(-c3ccc4sc5cc(C)ccc5c4c3)cc12. The van der Waals surface area contributed by atoms with Gasteiger partial charge < -0.3 is 0 Å². The van der Waals surface area contributed by atoms with Gasteiger partial charge >= 0.3 is 0 Å². The predicted octanol–water partition coefficient (Wildman–Crippen LogP) is 8.71. The number of fused-ring (bicyclic) bond motifs is 6. The third-order valence-corrected chi connectivity index (χ3v) is 7.85. The molecule has 28 heavy (non-hydrogen) atoms. The van der Waals surface area contributed by atoms with E-state index < -0.39 is 0 Å². The Balaban J connectivity index is 1.58. The van der Waals surface area contributed by atoms with Crippen molar-refractivity contribution in [2.45, 2.75) is 13.8 Å². The molecule has 0 spiro atoms. The van der Waals surface area contributed by atoms with Gasteiger partial charge in [0, 0.05) is 40.3 Å². The van der Waals surface area contributed by atoms with Gasteiger partial charge in [0.05, 0.1) is 0 Å². The highest BCUT2D eigenvalue weighted by molar-refractivity contribution is 7.26. The standard InChI is InChI=1S/C26H18S2/c1-15-3-7-19-21-13-17(5-9-23(21)27-25(19)11-15)18-6-10-24-22(14-18)20-8-4-16(2)12-26(20)28-24/h3-14H,1-2H3. The summed E-state index contributed by atoms with van der Waals surface area (Å²) in [6.07, 6.45) is 0. The molecule has 6 rings (SSSR count). The molecule has 2 aromatic heterocycles. The molecule has 6 aromatic rings. The molecule has 4 aromatic carbocycles. The van der Waals surface area contributed by atoms with Crippen LogP contribution in [0.4, 0.5) is 0 Å². The van der Waals surface area contributed by atoms with Crippen LogP contribution in [0.2, 0.25) is 0 Å². The average Bonchev–Trinajstić information content (AvgIpc) is 3.23. The van der Waals surface area contributed by atoms with Crippen LogP contribution in [0.15, 0.2) is 72.8 Å². The van der Waals surface area contributed by atoms with Gasteiger partial charge in [-0.2, -0.15) is 0 Å². The van der Waals surface area contributed by atoms with Crippen molar-refractivity contribution in [3.63, 3.8) is 0 Å². The lowest BCUT2D eigenvalue weighted by Crippen LogP contribution is -1.78. The van der Waals surface area contributed by atoms with Gasteiger partial charge in [-0.3, -0.25) is 0 Å². The highest BCUT2D eigenvalue weighted by atomic mass is 32.1. The van der Waals surface area contributed by atoms with Crippen molar-refractivity contribution < 1.29 is 0 Å². The van der Waals surface area contributed by atoms with E-state index in [0.717, 1.165) is 0 Å². The molecule has 0 saturated heterocycles. The van der Waals surface area contributed by atoms with Gasteiger partial charge in [-0.15, -0.1) is 22.7 Å². The molecule has 0 radical (unpaired) electrons. The lowest BCUT2D eigenvalue weighted by molar-refractivity contribution is 1.52. The Kier molecular flexibility index (Phi) is 3.44. The summed E-state index contributed by atoms with van der Waals surface area (Å²) in [5.41, 5.74) is 5.23. The molecule has 0 unspecified atom stereocenters. The topological polar surface area (TPSA) is 0 Å². The first-order chi connectivity index (χ1) is 13.7. The summed E-state index contributed by atoms with van der Waals surface area (Å²) in [5, 5.41) is 5.46. The quantitative estimate of drug-likeness (QED) is 0.261. The molecule has 134 valence electrons. The van der Waals surface area contributed by atoms with Crippen LogP contribution in [0.25, 0.3) is 51.5 Å². The molecule has 0 saturated carbocycles. The van der Waals surface area contributed by atoms with Crippen LogP contribution in [0.1, 0.15) is 11.1 Å². The zero-order valence-electron chi connectivity index (χ0n) is 15.7. The Morgan fingerprint density at radius 3 is 1.36 bits per heavy atom. The van der Waals surface area contributed by atoms with E-state index in [9.17, 15) is 0 Å². The van der Waals surface area contributed by atoms with Crippen molar-refractivity contribution in [3.8, 4) is 11.1 Å². The van der Waals surface area contributed by atoms with Crippen LogP contribution in [-0.4, -0.2) is 0 Å². The lowest BCUT2D eigenvalue weighted by Gasteiger charge is -2.04. The smallest absolute Gasteiger partial charge is 0.0358 e. The van der Waals surface area contributed by atoms with E-state index in [1.54, 1.807) is 0 Å². The predicted molar refractivity (Wildman–Crippen MR) is 127 cm³/mol. The molecule has 0 fully saturated rings. The molecule has 0 aliphatic rings. The van der Waals surface area contributed by atoms with E-state index in [2.05, 4.69) is 86.6 Å². The van der Waals surface area contributed by atoms with Crippen LogP contribution in [0.3, 0.4) is 0 Å². The molecule has 0 nitrogen and oxygen atoms in total. The maximum atomic E-state index is 2.36.